The number of amides is 3. The Morgan fingerprint density at radius 2 is 1.57 bits per heavy atom. The predicted octanol–water partition coefficient (Wildman–Crippen LogP) is 6.57. The maximum Gasteiger partial charge on any atom is 0.328 e. The fourth-order valence-corrected chi connectivity index (χ4v) is 8.23. The van der Waals surface area contributed by atoms with E-state index in [1.807, 2.05) is 87.5 Å². The monoisotopic (exact) mass is 740 g/mol. The van der Waals surface area contributed by atoms with Crippen LogP contribution in [0.5, 0.6) is 0 Å². The summed E-state index contributed by atoms with van der Waals surface area (Å²) in [6.45, 7) is 6.65. The number of benzene rings is 3. The number of nitrogens with one attached hydrogen (secondary N) is 3. The second-order valence-corrected chi connectivity index (χ2v) is 16.0. The first kappa shape index (κ1) is 39.4. The first-order valence-corrected chi connectivity index (χ1v) is 19.4. The van der Waals surface area contributed by atoms with Crippen LogP contribution in [-0.2, 0) is 36.8 Å². The van der Waals surface area contributed by atoms with Gasteiger partial charge in [-0.15, -0.1) is 0 Å². The van der Waals surface area contributed by atoms with Gasteiger partial charge in [0.25, 0.3) is 0 Å². The number of likely N-dealkylation sites (tertiary alicyclic amines) is 1. The van der Waals surface area contributed by atoms with E-state index < -0.39 is 24.3 Å². The molecule has 7 atom stereocenters. The summed E-state index contributed by atoms with van der Waals surface area (Å²) in [5.41, 5.74) is 3.71. The van der Waals surface area contributed by atoms with E-state index in [1.165, 1.54) is 20.0 Å². The summed E-state index contributed by atoms with van der Waals surface area (Å²) in [5.74, 6) is 0.125. The molecule has 0 bridgehead atoms. The molecule has 1 aliphatic carbocycles. The molecule has 0 spiro atoms. The lowest BCUT2D eigenvalue weighted by atomic mass is 9.75. The van der Waals surface area contributed by atoms with Gasteiger partial charge in [0.1, 0.15) is 6.04 Å². The summed E-state index contributed by atoms with van der Waals surface area (Å²) in [6.07, 6.45) is 6.28. The third kappa shape index (κ3) is 10.3. The Kier molecular flexibility index (Phi) is 13.1. The van der Waals surface area contributed by atoms with Gasteiger partial charge >= 0.3 is 12.0 Å². The molecule has 54 heavy (non-hydrogen) atoms. The fraction of sp³-hybridized carbons (Fsp3) is 0.512. The van der Waals surface area contributed by atoms with Crippen molar-refractivity contribution >= 4 is 23.6 Å². The van der Waals surface area contributed by atoms with Crippen molar-refractivity contribution in [3.8, 4) is 0 Å². The van der Waals surface area contributed by atoms with Gasteiger partial charge in [0.2, 0.25) is 5.91 Å². The molecule has 6 rings (SSSR count). The number of rotatable bonds is 11. The molecule has 0 radical (unpaired) electrons. The molecule has 2 saturated heterocycles. The van der Waals surface area contributed by atoms with Crippen molar-refractivity contribution in [2.75, 3.05) is 19.0 Å². The molecule has 2 heterocycles. The minimum Gasteiger partial charge on any atom is -0.467 e. The van der Waals surface area contributed by atoms with Crippen molar-refractivity contribution in [3.05, 3.63) is 101 Å². The number of piperidine rings is 1. The zero-order chi connectivity index (χ0) is 38.2. The second kappa shape index (κ2) is 17.9. The quantitative estimate of drug-likeness (QED) is 0.162. The Morgan fingerprint density at radius 3 is 2.26 bits per heavy atom. The molecule has 0 aromatic heterocycles. The molecule has 11 nitrogen and oxygen atoms in total. The minimum atomic E-state index is -0.857. The van der Waals surface area contributed by atoms with Crippen LogP contribution in [0.2, 0.25) is 0 Å². The standard InChI is InChI=1S/C43H56N4O7/c1-43(2,3)46-39(49)37-23-20-30-12-8-9-13-36(30)47(37)26-34-25-38(31-16-14-29(27-48)15-17-31)54-41(53-34)32-18-21-33(22-19-32)44-42(51)45-35(40(50)52-4)24-28-10-6-5-7-11-28/h5-7,10-11,14-19,21-22,30,34-38,41,48H,8-9,12-13,20,23-27H2,1-4H3,(H,46,49)(H2,44,45,51). The average Bonchev–Trinajstić information content (AvgIpc) is 3.17. The molecule has 1 saturated carbocycles. The van der Waals surface area contributed by atoms with Crippen molar-refractivity contribution < 1.29 is 33.7 Å². The van der Waals surface area contributed by atoms with Crippen LogP contribution in [0.1, 0.15) is 100 Å². The molecule has 3 aromatic carbocycles. The molecule has 290 valence electrons. The summed E-state index contributed by atoms with van der Waals surface area (Å²) in [7, 11) is 1.30. The maximum atomic E-state index is 13.8. The van der Waals surface area contributed by atoms with Gasteiger partial charge in [-0.2, -0.15) is 0 Å². The van der Waals surface area contributed by atoms with Crippen LogP contribution < -0.4 is 16.0 Å². The predicted molar refractivity (Wildman–Crippen MR) is 206 cm³/mol. The Hall–Kier alpha value is -4.29. The Labute approximate surface area is 319 Å². The highest BCUT2D eigenvalue weighted by Gasteiger charge is 2.44. The summed E-state index contributed by atoms with van der Waals surface area (Å²) < 4.78 is 18.3. The highest BCUT2D eigenvalue weighted by Crippen LogP contribution is 2.42. The Bertz CT molecular complexity index is 1700. The number of methoxy groups -OCH3 is 1. The number of hydrogen-bond acceptors (Lipinski definition) is 8. The lowest BCUT2D eigenvalue weighted by Gasteiger charge is -2.50. The third-order valence-electron chi connectivity index (χ3n) is 10.9. The topological polar surface area (TPSA) is 138 Å². The lowest BCUT2D eigenvalue weighted by Crippen LogP contribution is -2.61. The molecular formula is C43H56N4O7. The SMILES string of the molecule is COC(=O)C(Cc1ccccc1)NC(=O)Nc1ccc(C2OC(CN3C(C(=O)NC(C)(C)C)CCC4CCCCC43)CC(c3ccc(CO)cc3)O2)cc1. The van der Waals surface area contributed by atoms with Gasteiger partial charge in [-0.05, 0) is 81.2 Å². The number of aliphatic hydroxyl groups excluding tert-OH is 1. The van der Waals surface area contributed by atoms with Gasteiger partial charge in [-0.1, -0.05) is 79.6 Å². The number of anilines is 1. The molecule has 4 N–H and O–H groups in total. The van der Waals surface area contributed by atoms with Gasteiger partial charge in [-0.25, -0.2) is 9.59 Å². The van der Waals surface area contributed by atoms with Crippen LogP contribution in [0.25, 0.3) is 0 Å². The highest BCUT2D eigenvalue weighted by molar-refractivity contribution is 5.92. The summed E-state index contributed by atoms with van der Waals surface area (Å²) in [6, 6.07) is 23.3. The van der Waals surface area contributed by atoms with Crippen LogP contribution in [-0.4, -0.2) is 71.3 Å². The first-order valence-electron chi connectivity index (χ1n) is 19.4. The lowest BCUT2D eigenvalue weighted by molar-refractivity contribution is -0.255. The van der Waals surface area contributed by atoms with E-state index >= 15 is 0 Å². The molecular weight excluding hydrogens is 684 g/mol. The smallest absolute Gasteiger partial charge is 0.328 e. The number of ether oxygens (including phenoxy) is 3. The number of carbonyl (C=O) groups excluding carboxylic acids is 3. The van der Waals surface area contributed by atoms with Crippen molar-refractivity contribution in [3.63, 3.8) is 0 Å². The van der Waals surface area contributed by atoms with Gasteiger partial charge < -0.3 is 35.3 Å². The highest BCUT2D eigenvalue weighted by atomic mass is 16.7. The van der Waals surface area contributed by atoms with Crippen molar-refractivity contribution in [1.29, 1.82) is 0 Å². The number of carbonyl (C=O) groups is 3. The molecule has 3 amide bonds. The molecule has 7 unspecified atom stereocenters. The van der Waals surface area contributed by atoms with Gasteiger partial charge in [-0.3, -0.25) is 9.69 Å². The number of hydrogen-bond donors (Lipinski definition) is 4. The molecule has 3 aliphatic rings. The van der Waals surface area contributed by atoms with Crippen molar-refractivity contribution in [2.24, 2.45) is 5.92 Å². The van der Waals surface area contributed by atoms with Crippen LogP contribution in [0.15, 0.2) is 78.9 Å². The number of aliphatic hydroxyl groups is 1. The Balaban J connectivity index is 1.19. The Morgan fingerprint density at radius 1 is 0.870 bits per heavy atom. The summed E-state index contributed by atoms with van der Waals surface area (Å²) in [4.78, 5) is 41.7. The third-order valence-corrected chi connectivity index (χ3v) is 10.9. The fourth-order valence-electron chi connectivity index (χ4n) is 8.23. The normalized spacial score (nSPS) is 25.1. The zero-order valence-corrected chi connectivity index (χ0v) is 32.0. The number of urea groups is 1. The van der Waals surface area contributed by atoms with Crippen molar-refractivity contribution in [1.82, 2.24) is 15.5 Å². The van der Waals surface area contributed by atoms with Gasteiger partial charge in [0.15, 0.2) is 6.29 Å². The summed E-state index contributed by atoms with van der Waals surface area (Å²) >= 11 is 0. The van der Waals surface area contributed by atoms with Crippen LogP contribution in [0, 0.1) is 5.92 Å². The number of nitrogens with zero attached hydrogens (tertiary/aromatic N) is 1. The van der Waals surface area contributed by atoms with E-state index in [2.05, 4.69) is 20.9 Å². The van der Waals surface area contributed by atoms with Crippen LogP contribution >= 0.6 is 0 Å². The van der Waals surface area contributed by atoms with E-state index in [4.69, 9.17) is 14.2 Å². The van der Waals surface area contributed by atoms with Crippen molar-refractivity contribution in [2.45, 2.75) is 121 Å². The first-order chi connectivity index (χ1) is 26.0. The van der Waals surface area contributed by atoms with E-state index in [0.717, 1.165) is 47.9 Å². The van der Waals surface area contributed by atoms with Gasteiger partial charge in [0.05, 0.1) is 32.0 Å². The molecule has 3 fully saturated rings. The van der Waals surface area contributed by atoms with E-state index in [-0.39, 0.29) is 36.3 Å². The van der Waals surface area contributed by atoms with Crippen LogP contribution in [0.4, 0.5) is 10.5 Å². The number of esters is 1. The zero-order valence-electron chi connectivity index (χ0n) is 32.0. The van der Waals surface area contributed by atoms with E-state index in [1.54, 1.807) is 12.1 Å². The molecule has 2 aliphatic heterocycles. The number of fused-ring (bicyclic) bond motifs is 1. The molecule has 11 heteroatoms. The average molecular weight is 741 g/mol. The van der Waals surface area contributed by atoms with Gasteiger partial charge in [0, 0.05) is 42.2 Å². The summed E-state index contributed by atoms with van der Waals surface area (Å²) in [5, 5.41) is 18.5. The largest absolute Gasteiger partial charge is 0.467 e. The maximum absolute atomic E-state index is 13.8. The molecule has 3 aromatic rings. The van der Waals surface area contributed by atoms with E-state index in [0.29, 0.717) is 37.0 Å². The minimum absolute atomic E-state index is 0.0372. The second-order valence-electron chi connectivity index (χ2n) is 16.0. The van der Waals surface area contributed by atoms with Crippen LogP contribution in [0.3, 0.4) is 0 Å². The van der Waals surface area contributed by atoms with E-state index in [9.17, 15) is 19.5 Å².